The summed E-state index contributed by atoms with van der Waals surface area (Å²) in [5, 5.41) is 10.3. The highest BCUT2D eigenvalue weighted by atomic mass is 16.3. The standard InChI is InChI=1S/C12H15NO/c1-9(2)13-7-6-11-10(8-14)4-3-5-12(11)13/h3-7,9,14H,8H2,1-2H3. The van der Waals surface area contributed by atoms with E-state index in [0.717, 1.165) is 10.9 Å². The molecule has 0 bridgehead atoms. The molecule has 0 atom stereocenters. The number of hydrogen-bond donors (Lipinski definition) is 1. The molecule has 1 heterocycles. The quantitative estimate of drug-likeness (QED) is 0.772. The van der Waals surface area contributed by atoms with E-state index in [1.165, 1.54) is 5.52 Å². The van der Waals surface area contributed by atoms with Crippen molar-refractivity contribution in [3.05, 3.63) is 36.0 Å². The second-order valence-electron chi connectivity index (χ2n) is 3.82. The van der Waals surface area contributed by atoms with E-state index in [9.17, 15) is 5.11 Å². The Hall–Kier alpha value is -1.28. The molecule has 0 unspecified atom stereocenters. The van der Waals surface area contributed by atoms with Crippen molar-refractivity contribution in [1.82, 2.24) is 4.57 Å². The summed E-state index contributed by atoms with van der Waals surface area (Å²) in [6.45, 7) is 4.43. The first-order valence-electron chi connectivity index (χ1n) is 4.93. The van der Waals surface area contributed by atoms with E-state index in [1.807, 2.05) is 12.1 Å². The fourth-order valence-corrected chi connectivity index (χ4v) is 1.84. The van der Waals surface area contributed by atoms with Gasteiger partial charge in [-0.3, -0.25) is 0 Å². The van der Waals surface area contributed by atoms with Gasteiger partial charge in [-0.2, -0.15) is 0 Å². The number of aliphatic hydroxyl groups is 1. The van der Waals surface area contributed by atoms with Gasteiger partial charge in [-0.1, -0.05) is 12.1 Å². The lowest BCUT2D eigenvalue weighted by Crippen LogP contribution is -1.98. The van der Waals surface area contributed by atoms with Crippen LogP contribution in [0.2, 0.25) is 0 Å². The number of fused-ring (bicyclic) bond motifs is 1. The van der Waals surface area contributed by atoms with Gasteiger partial charge in [0.2, 0.25) is 0 Å². The summed E-state index contributed by atoms with van der Waals surface area (Å²) in [5.41, 5.74) is 2.20. The van der Waals surface area contributed by atoms with Gasteiger partial charge in [0, 0.05) is 23.1 Å². The maximum atomic E-state index is 9.17. The van der Waals surface area contributed by atoms with E-state index in [2.05, 4.69) is 36.7 Å². The number of nitrogens with zero attached hydrogens (tertiary/aromatic N) is 1. The van der Waals surface area contributed by atoms with Crippen molar-refractivity contribution in [2.75, 3.05) is 0 Å². The third-order valence-corrected chi connectivity index (χ3v) is 2.58. The van der Waals surface area contributed by atoms with E-state index in [-0.39, 0.29) is 6.61 Å². The number of aromatic nitrogens is 1. The van der Waals surface area contributed by atoms with Crippen LogP contribution >= 0.6 is 0 Å². The van der Waals surface area contributed by atoms with Gasteiger partial charge in [0.25, 0.3) is 0 Å². The second kappa shape index (κ2) is 3.46. The summed E-state index contributed by atoms with van der Waals surface area (Å²) >= 11 is 0. The van der Waals surface area contributed by atoms with Gasteiger partial charge in [0.05, 0.1) is 6.61 Å². The van der Waals surface area contributed by atoms with Crippen LogP contribution in [-0.4, -0.2) is 9.67 Å². The van der Waals surface area contributed by atoms with Crippen molar-refractivity contribution in [2.24, 2.45) is 0 Å². The number of benzene rings is 1. The molecule has 2 rings (SSSR count). The molecule has 0 saturated heterocycles. The van der Waals surface area contributed by atoms with Crippen molar-refractivity contribution >= 4 is 10.9 Å². The Morgan fingerprint density at radius 3 is 2.71 bits per heavy atom. The van der Waals surface area contributed by atoms with Crippen LogP contribution in [-0.2, 0) is 6.61 Å². The number of aliphatic hydroxyl groups excluding tert-OH is 1. The Kier molecular flexibility index (Phi) is 2.30. The normalized spacial score (nSPS) is 11.4. The monoisotopic (exact) mass is 189 g/mol. The van der Waals surface area contributed by atoms with Crippen molar-refractivity contribution < 1.29 is 5.11 Å². The molecule has 1 N–H and O–H groups in total. The lowest BCUT2D eigenvalue weighted by Gasteiger charge is -2.09. The SMILES string of the molecule is CC(C)n1ccc2c(CO)cccc21. The highest BCUT2D eigenvalue weighted by Crippen LogP contribution is 2.23. The molecule has 14 heavy (non-hydrogen) atoms. The Labute approximate surface area is 83.8 Å². The fraction of sp³-hybridized carbons (Fsp3) is 0.333. The summed E-state index contributed by atoms with van der Waals surface area (Å²) in [6.07, 6.45) is 2.08. The topological polar surface area (TPSA) is 25.2 Å². The zero-order chi connectivity index (χ0) is 10.1. The summed E-state index contributed by atoms with van der Waals surface area (Å²) in [5.74, 6) is 0. The maximum absolute atomic E-state index is 9.17. The highest BCUT2D eigenvalue weighted by Gasteiger charge is 2.06. The Morgan fingerprint density at radius 1 is 1.29 bits per heavy atom. The molecule has 0 fully saturated rings. The van der Waals surface area contributed by atoms with Crippen LogP contribution in [0, 0.1) is 0 Å². The number of hydrogen-bond acceptors (Lipinski definition) is 1. The molecule has 0 amide bonds. The maximum Gasteiger partial charge on any atom is 0.0688 e. The molecule has 74 valence electrons. The molecule has 2 nitrogen and oxygen atoms in total. The largest absolute Gasteiger partial charge is 0.392 e. The van der Waals surface area contributed by atoms with Crippen LogP contribution in [0.25, 0.3) is 10.9 Å². The van der Waals surface area contributed by atoms with E-state index < -0.39 is 0 Å². The molecule has 0 saturated carbocycles. The van der Waals surface area contributed by atoms with Gasteiger partial charge in [0.15, 0.2) is 0 Å². The minimum absolute atomic E-state index is 0.111. The van der Waals surface area contributed by atoms with E-state index >= 15 is 0 Å². The lowest BCUT2D eigenvalue weighted by molar-refractivity contribution is 0.283. The Balaban J connectivity index is 2.69. The minimum atomic E-state index is 0.111. The predicted octanol–water partition coefficient (Wildman–Crippen LogP) is 2.71. The van der Waals surface area contributed by atoms with E-state index in [1.54, 1.807) is 0 Å². The third-order valence-electron chi connectivity index (χ3n) is 2.58. The first kappa shape index (κ1) is 9.28. The first-order valence-corrected chi connectivity index (χ1v) is 4.93. The molecule has 1 aromatic heterocycles. The molecule has 1 aromatic carbocycles. The fourth-order valence-electron chi connectivity index (χ4n) is 1.84. The van der Waals surface area contributed by atoms with Crippen molar-refractivity contribution in [3.8, 4) is 0 Å². The van der Waals surface area contributed by atoms with Gasteiger partial charge >= 0.3 is 0 Å². The average molecular weight is 189 g/mol. The summed E-state index contributed by atoms with van der Waals surface area (Å²) in [7, 11) is 0. The molecule has 0 radical (unpaired) electrons. The van der Waals surface area contributed by atoms with Gasteiger partial charge in [-0.25, -0.2) is 0 Å². The first-order chi connectivity index (χ1) is 6.74. The molecule has 2 aromatic rings. The van der Waals surface area contributed by atoms with Gasteiger partial charge in [-0.05, 0) is 31.5 Å². The van der Waals surface area contributed by atoms with Crippen LogP contribution < -0.4 is 0 Å². The number of rotatable bonds is 2. The van der Waals surface area contributed by atoms with Crippen LogP contribution in [0.3, 0.4) is 0 Å². The van der Waals surface area contributed by atoms with Crippen molar-refractivity contribution in [2.45, 2.75) is 26.5 Å². The summed E-state index contributed by atoms with van der Waals surface area (Å²) < 4.78 is 2.22. The molecule has 0 spiro atoms. The van der Waals surface area contributed by atoms with E-state index in [4.69, 9.17) is 0 Å². The van der Waals surface area contributed by atoms with Crippen LogP contribution in [0.5, 0.6) is 0 Å². The zero-order valence-electron chi connectivity index (χ0n) is 8.57. The average Bonchev–Trinajstić information content (AvgIpc) is 2.60. The van der Waals surface area contributed by atoms with Crippen LogP contribution in [0.4, 0.5) is 0 Å². The Bertz CT molecular complexity index is 443. The molecular weight excluding hydrogens is 174 g/mol. The van der Waals surface area contributed by atoms with Crippen LogP contribution in [0.15, 0.2) is 30.5 Å². The van der Waals surface area contributed by atoms with Crippen molar-refractivity contribution in [1.29, 1.82) is 0 Å². The highest BCUT2D eigenvalue weighted by molar-refractivity contribution is 5.83. The molecule has 0 aliphatic rings. The van der Waals surface area contributed by atoms with Crippen LogP contribution in [0.1, 0.15) is 25.5 Å². The third kappa shape index (κ3) is 1.32. The second-order valence-corrected chi connectivity index (χ2v) is 3.82. The van der Waals surface area contributed by atoms with Gasteiger partial charge in [-0.15, -0.1) is 0 Å². The van der Waals surface area contributed by atoms with Gasteiger partial charge in [0.1, 0.15) is 0 Å². The predicted molar refractivity (Wildman–Crippen MR) is 58.2 cm³/mol. The van der Waals surface area contributed by atoms with E-state index in [0.29, 0.717) is 6.04 Å². The zero-order valence-corrected chi connectivity index (χ0v) is 8.57. The van der Waals surface area contributed by atoms with Crippen molar-refractivity contribution in [3.63, 3.8) is 0 Å². The molecular formula is C12H15NO. The van der Waals surface area contributed by atoms with Gasteiger partial charge < -0.3 is 9.67 Å². The lowest BCUT2D eigenvalue weighted by atomic mass is 10.1. The minimum Gasteiger partial charge on any atom is -0.392 e. The summed E-state index contributed by atoms with van der Waals surface area (Å²) in [6, 6.07) is 8.58. The Morgan fingerprint density at radius 2 is 2.07 bits per heavy atom. The molecule has 0 aliphatic heterocycles. The molecule has 2 heteroatoms. The summed E-state index contributed by atoms with van der Waals surface area (Å²) in [4.78, 5) is 0. The smallest absolute Gasteiger partial charge is 0.0688 e. The molecule has 0 aliphatic carbocycles.